The van der Waals surface area contributed by atoms with Crippen molar-refractivity contribution in [2.24, 2.45) is 5.92 Å². The summed E-state index contributed by atoms with van der Waals surface area (Å²) in [5.41, 5.74) is 0. The average Bonchev–Trinajstić information content (AvgIpc) is 2.43. The Balaban J connectivity index is 1.82. The third-order valence-corrected chi connectivity index (χ3v) is 2.78. The molecule has 0 radical (unpaired) electrons. The Bertz CT molecular complexity index is 149. The molecule has 0 bridgehead atoms. The maximum atomic E-state index is 5.89. The number of nitrogens with zero attached hydrogens (tertiary/aromatic N) is 1. The summed E-state index contributed by atoms with van der Waals surface area (Å²) >= 11 is 0. The van der Waals surface area contributed by atoms with Gasteiger partial charge in [0, 0.05) is 25.6 Å². The zero-order chi connectivity index (χ0) is 8.55. The number of ether oxygens (including phenoxy) is 1. The van der Waals surface area contributed by atoms with Crippen molar-refractivity contribution < 1.29 is 4.74 Å². The summed E-state index contributed by atoms with van der Waals surface area (Å²) in [5, 5.41) is 3.36. The van der Waals surface area contributed by atoms with E-state index in [1.54, 1.807) is 0 Å². The topological polar surface area (TPSA) is 24.5 Å². The molecular formula is C9H18N2O. The molecule has 2 rings (SSSR count). The predicted octanol–water partition coefficient (Wildman–Crippen LogP) is -0.0751. The van der Waals surface area contributed by atoms with E-state index in [9.17, 15) is 0 Å². The third kappa shape index (κ3) is 1.63. The molecule has 0 aliphatic carbocycles. The Labute approximate surface area is 74.1 Å². The molecule has 0 spiro atoms. The first-order chi connectivity index (χ1) is 5.75. The van der Waals surface area contributed by atoms with E-state index in [2.05, 4.69) is 24.3 Å². The van der Waals surface area contributed by atoms with Crippen LogP contribution >= 0.6 is 0 Å². The fourth-order valence-electron chi connectivity index (χ4n) is 2.27. The highest BCUT2D eigenvalue weighted by molar-refractivity contribution is 4.90. The average molecular weight is 170 g/mol. The maximum Gasteiger partial charge on any atom is 0.0745 e. The van der Waals surface area contributed by atoms with Crippen LogP contribution in [0.5, 0.6) is 0 Å². The van der Waals surface area contributed by atoms with Crippen molar-refractivity contribution in [1.82, 2.24) is 10.2 Å². The highest BCUT2D eigenvalue weighted by Gasteiger charge is 2.38. The van der Waals surface area contributed by atoms with Crippen molar-refractivity contribution in [3.63, 3.8) is 0 Å². The first-order valence-corrected chi connectivity index (χ1v) is 4.76. The van der Waals surface area contributed by atoms with E-state index in [4.69, 9.17) is 4.74 Å². The van der Waals surface area contributed by atoms with Crippen LogP contribution in [-0.2, 0) is 4.74 Å². The molecule has 3 heteroatoms. The standard InChI is InChI=1S/C9H18N2O/c1-11(2)6-8-3-7-4-10-5-9(7)12-8/h7-10H,3-6H2,1-2H3. The summed E-state index contributed by atoms with van der Waals surface area (Å²) in [5.74, 6) is 0.787. The van der Waals surface area contributed by atoms with E-state index < -0.39 is 0 Å². The smallest absolute Gasteiger partial charge is 0.0745 e. The van der Waals surface area contributed by atoms with Gasteiger partial charge in [-0.15, -0.1) is 0 Å². The van der Waals surface area contributed by atoms with Gasteiger partial charge in [0.2, 0.25) is 0 Å². The van der Waals surface area contributed by atoms with Gasteiger partial charge in [-0.05, 0) is 20.5 Å². The molecule has 70 valence electrons. The number of rotatable bonds is 2. The van der Waals surface area contributed by atoms with Gasteiger partial charge in [0.25, 0.3) is 0 Å². The second kappa shape index (κ2) is 3.32. The third-order valence-electron chi connectivity index (χ3n) is 2.78. The van der Waals surface area contributed by atoms with Crippen molar-refractivity contribution in [1.29, 1.82) is 0 Å². The van der Waals surface area contributed by atoms with Crippen molar-refractivity contribution in [3.8, 4) is 0 Å². The Morgan fingerprint density at radius 2 is 2.25 bits per heavy atom. The van der Waals surface area contributed by atoms with E-state index in [0.29, 0.717) is 12.2 Å². The Morgan fingerprint density at radius 1 is 1.42 bits per heavy atom. The summed E-state index contributed by atoms with van der Waals surface area (Å²) in [7, 11) is 4.21. The van der Waals surface area contributed by atoms with E-state index in [0.717, 1.165) is 25.6 Å². The van der Waals surface area contributed by atoms with Gasteiger partial charge in [-0.2, -0.15) is 0 Å². The SMILES string of the molecule is CN(C)CC1CC2CNCC2O1. The van der Waals surface area contributed by atoms with Gasteiger partial charge in [0.05, 0.1) is 12.2 Å². The summed E-state index contributed by atoms with van der Waals surface area (Å²) in [4.78, 5) is 2.21. The zero-order valence-electron chi connectivity index (χ0n) is 7.92. The number of likely N-dealkylation sites (N-methyl/N-ethyl adjacent to an activating group) is 1. The minimum absolute atomic E-state index is 0.483. The van der Waals surface area contributed by atoms with E-state index >= 15 is 0 Å². The van der Waals surface area contributed by atoms with Gasteiger partial charge in [-0.1, -0.05) is 0 Å². The summed E-state index contributed by atoms with van der Waals surface area (Å²) in [6.45, 7) is 3.30. The van der Waals surface area contributed by atoms with Crippen LogP contribution in [-0.4, -0.2) is 50.8 Å². The van der Waals surface area contributed by atoms with Crippen molar-refractivity contribution >= 4 is 0 Å². The van der Waals surface area contributed by atoms with E-state index in [1.165, 1.54) is 6.42 Å². The lowest BCUT2D eigenvalue weighted by Crippen LogP contribution is -2.28. The fourth-order valence-corrected chi connectivity index (χ4v) is 2.27. The first kappa shape index (κ1) is 8.48. The second-order valence-electron chi connectivity index (χ2n) is 4.21. The maximum absolute atomic E-state index is 5.89. The Kier molecular flexibility index (Phi) is 2.35. The van der Waals surface area contributed by atoms with E-state index in [1.807, 2.05) is 0 Å². The zero-order valence-corrected chi connectivity index (χ0v) is 7.92. The summed E-state index contributed by atoms with van der Waals surface area (Å²) in [6, 6.07) is 0. The lowest BCUT2D eigenvalue weighted by atomic mass is 10.0. The van der Waals surface area contributed by atoms with Crippen LogP contribution in [0.1, 0.15) is 6.42 Å². The van der Waals surface area contributed by atoms with Crippen molar-refractivity contribution in [3.05, 3.63) is 0 Å². The van der Waals surface area contributed by atoms with Gasteiger partial charge in [0.15, 0.2) is 0 Å². The molecule has 12 heavy (non-hydrogen) atoms. The number of hydrogen-bond donors (Lipinski definition) is 1. The van der Waals surface area contributed by atoms with Gasteiger partial charge in [-0.3, -0.25) is 0 Å². The van der Waals surface area contributed by atoms with Crippen molar-refractivity contribution in [2.45, 2.75) is 18.6 Å². The quantitative estimate of drug-likeness (QED) is 0.627. The van der Waals surface area contributed by atoms with Crippen LogP contribution in [0.25, 0.3) is 0 Å². The molecule has 0 aromatic rings. The molecule has 0 aromatic heterocycles. The predicted molar refractivity (Wildman–Crippen MR) is 48.2 cm³/mol. The molecule has 3 atom stereocenters. The fraction of sp³-hybridized carbons (Fsp3) is 1.00. The molecule has 0 amide bonds. The molecule has 3 nitrogen and oxygen atoms in total. The molecule has 2 fully saturated rings. The summed E-state index contributed by atoms with van der Waals surface area (Å²) < 4.78 is 5.89. The lowest BCUT2D eigenvalue weighted by molar-refractivity contribution is 0.0340. The van der Waals surface area contributed by atoms with Crippen molar-refractivity contribution in [2.75, 3.05) is 33.7 Å². The van der Waals surface area contributed by atoms with Gasteiger partial charge in [0.1, 0.15) is 0 Å². The van der Waals surface area contributed by atoms with Crippen LogP contribution in [0.4, 0.5) is 0 Å². The molecule has 2 aliphatic heterocycles. The normalized spacial score (nSPS) is 40.8. The molecule has 0 saturated carbocycles. The minimum atomic E-state index is 0.483. The highest BCUT2D eigenvalue weighted by atomic mass is 16.5. The second-order valence-corrected chi connectivity index (χ2v) is 4.21. The minimum Gasteiger partial charge on any atom is -0.372 e. The number of fused-ring (bicyclic) bond motifs is 1. The highest BCUT2D eigenvalue weighted by Crippen LogP contribution is 2.28. The van der Waals surface area contributed by atoms with Gasteiger partial charge in [-0.25, -0.2) is 0 Å². The molecule has 3 unspecified atom stereocenters. The Hall–Kier alpha value is -0.120. The Morgan fingerprint density at radius 3 is 2.92 bits per heavy atom. The van der Waals surface area contributed by atoms with E-state index in [-0.39, 0.29) is 0 Å². The van der Waals surface area contributed by atoms with Crippen LogP contribution < -0.4 is 5.32 Å². The number of hydrogen-bond acceptors (Lipinski definition) is 3. The lowest BCUT2D eigenvalue weighted by Gasteiger charge is -2.16. The molecule has 1 N–H and O–H groups in total. The summed E-state index contributed by atoms with van der Waals surface area (Å²) in [6.07, 6.45) is 2.24. The monoisotopic (exact) mass is 170 g/mol. The van der Waals surface area contributed by atoms with Crippen LogP contribution in [0.15, 0.2) is 0 Å². The van der Waals surface area contributed by atoms with Crippen LogP contribution in [0.3, 0.4) is 0 Å². The largest absolute Gasteiger partial charge is 0.372 e. The van der Waals surface area contributed by atoms with Crippen LogP contribution in [0, 0.1) is 5.92 Å². The van der Waals surface area contributed by atoms with Gasteiger partial charge < -0.3 is 15.0 Å². The molecule has 2 saturated heterocycles. The molecule has 0 aromatic carbocycles. The molecule has 2 aliphatic rings. The number of nitrogens with one attached hydrogen (secondary N) is 1. The molecular weight excluding hydrogens is 152 g/mol. The molecule has 2 heterocycles. The van der Waals surface area contributed by atoms with Gasteiger partial charge >= 0.3 is 0 Å². The first-order valence-electron chi connectivity index (χ1n) is 4.76. The van der Waals surface area contributed by atoms with Crippen LogP contribution in [0.2, 0.25) is 0 Å².